The first-order valence-corrected chi connectivity index (χ1v) is 8.44. The Morgan fingerprint density at radius 2 is 2.08 bits per heavy atom. The van der Waals surface area contributed by atoms with Gasteiger partial charge in [-0.1, -0.05) is 12.1 Å². The average Bonchev–Trinajstić information content (AvgIpc) is 3.37. The van der Waals surface area contributed by atoms with Crippen LogP contribution in [0.2, 0.25) is 0 Å². The van der Waals surface area contributed by atoms with Gasteiger partial charge in [0.1, 0.15) is 12.4 Å². The van der Waals surface area contributed by atoms with Crippen LogP contribution in [0.15, 0.2) is 29.3 Å². The van der Waals surface area contributed by atoms with Gasteiger partial charge in [-0.15, -0.1) is 24.0 Å². The lowest BCUT2D eigenvalue weighted by molar-refractivity contribution is -0.127. The van der Waals surface area contributed by atoms with E-state index in [0.717, 1.165) is 18.4 Å². The van der Waals surface area contributed by atoms with E-state index in [0.29, 0.717) is 25.7 Å². The molecule has 1 aliphatic carbocycles. The third-order valence-electron chi connectivity index (χ3n) is 4.35. The molecule has 1 aromatic carbocycles. The lowest BCUT2D eigenvalue weighted by atomic mass is 9.96. The Labute approximate surface area is 171 Å². The molecule has 2 rings (SSSR count). The van der Waals surface area contributed by atoms with Gasteiger partial charge < -0.3 is 20.3 Å². The zero-order valence-electron chi connectivity index (χ0n) is 15.5. The lowest BCUT2D eigenvalue weighted by Crippen LogP contribution is -2.43. The second-order valence-electron chi connectivity index (χ2n) is 6.52. The van der Waals surface area contributed by atoms with Crippen molar-refractivity contribution in [3.8, 4) is 0 Å². The van der Waals surface area contributed by atoms with Crippen LogP contribution in [0.25, 0.3) is 0 Å². The van der Waals surface area contributed by atoms with Crippen LogP contribution < -0.4 is 10.6 Å². The fourth-order valence-electron chi connectivity index (χ4n) is 2.52. The highest BCUT2D eigenvalue weighted by molar-refractivity contribution is 14.0. The third kappa shape index (κ3) is 6.71. The molecule has 1 fully saturated rings. The largest absolute Gasteiger partial charge is 0.383 e. The van der Waals surface area contributed by atoms with Crippen molar-refractivity contribution < 1.29 is 13.9 Å². The standard InChI is InChI=1S/C18H27FN4O2.HI/c1-23(2)16(24)12-21-17(20-9-10-25-3)22-13-18(7-8-18)14-5-4-6-15(19)11-14;/h4-6,11H,7-10,12-13H2,1-3H3,(H2,20,21,22);1H. The Balaban J connectivity index is 0.00000338. The maximum Gasteiger partial charge on any atom is 0.243 e. The number of hydrogen-bond donors (Lipinski definition) is 2. The molecule has 1 aromatic rings. The first-order valence-electron chi connectivity index (χ1n) is 8.44. The molecule has 2 N–H and O–H groups in total. The van der Waals surface area contributed by atoms with Gasteiger partial charge >= 0.3 is 0 Å². The number of benzene rings is 1. The number of ether oxygens (including phenoxy) is 1. The van der Waals surface area contributed by atoms with Crippen molar-refractivity contribution in [2.75, 3.05) is 47.4 Å². The molecule has 1 amide bonds. The number of carbonyl (C=O) groups is 1. The minimum absolute atomic E-state index is 0. The molecule has 0 atom stereocenters. The highest BCUT2D eigenvalue weighted by atomic mass is 127. The molecule has 0 heterocycles. The Morgan fingerprint density at radius 1 is 1.35 bits per heavy atom. The van der Waals surface area contributed by atoms with Crippen LogP contribution in [0.3, 0.4) is 0 Å². The van der Waals surface area contributed by atoms with Crippen LogP contribution in [-0.2, 0) is 14.9 Å². The van der Waals surface area contributed by atoms with Crippen molar-refractivity contribution >= 4 is 35.8 Å². The summed E-state index contributed by atoms with van der Waals surface area (Å²) in [5.74, 6) is 0.279. The minimum Gasteiger partial charge on any atom is -0.383 e. The van der Waals surface area contributed by atoms with Crippen LogP contribution in [0.4, 0.5) is 4.39 Å². The first kappa shape index (κ1) is 22.6. The molecule has 0 radical (unpaired) electrons. The van der Waals surface area contributed by atoms with Crippen molar-refractivity contribution in [2.24, 2.45) is 4.99 Å². The number of aliphatic imine (C=N–C) groups is 1. The number of likely N-dealkylation sites (N-methyl/N-ethyl adjacent to an activating group) is 1. The van der Waals surface area contributed by atoms with Gasteiger partial charge in [0.15, 0.2) is 5.96 Å². The Morgan fingerprint density at radius 3 is 2.65 bits per heavy atom. The molecule has 1 aliphatic rings. The van der Waals surface area contributed by atoms with Gasteiger partial charge in [-0.05, 0) is 30.5 Å². The summed E-state index contributed by atoms with van der Waals surface area (Å²) in [4.78, 5) is 17.6. The number of carbonyl (C=O) groups excluding carboxylic acids is 1. The quantitative estimate of drug-likeness (QED) is 0.259. The summed E-state index contributed by atoms with van der Waals surface area (Å²) in [6, 6.07) is 6.76. The van der Waals surface area contributed by atoms with E-state index in [4.69, 9.17) is 4.74 Å². The summed E-state index contributed by atoms with van der Waals surface area (Å²) in [6.45, 7) is 1.84. The molecule has 0 bridgehead atoms. The van der Waals surface area contributed by atoms with Crippen LogP contribution in [0.1, 0.15) is 18.4 Å². The van der Waals surface area contributed by atoms with Gasteiger partial charge in [-0.3, -0.25) is 4.79 Å². The first-order chi connectivity index (χ1) is 12.0. The number of nitrogens with one attached hydrogen (secondary N) is 2. The number of nitrogens with zero attached hydrogens (tertiary/aromatic N) is 2. The second-order valence-corrected chi connectivity index (χ2v) is 6.52. The monoisotopic (exact) mass is 478 g/mol. The van der Waals surface area contributed by atoms with Gasteiger partial charge in [-0.25, -0.2) is 9.38 Å². The summed E-state index contributed by atoms with van der Waals surface area (Å²) < 4.78 is 18.5. The maximum atomic E-state index is 13.5. The number of guanidine groups is 1. The molecule has 0 aromatic heterocycles. The van der Waals surface area contributed by atoms with Gasteiger partial charge in [0.2, 0.25) is 5.91 Å². The number of methoxy groups -OCH3 is 1. The van der Waals surface area contributed by atoms with Gasteiger partial charge in [-0.2, -0.15) is 0 Å². The van der Waals surface area contributed by atoms with Gasteiger partial charge in [0.05, 0.1) is 6.61 Å². The highest BCUT2D eigenvalue weighted by Crippen LogP contribution is 2.47. The zero-order valence-corrected chi connectivity index (χ0v) is 17.9. The van der Waals surface area contributed by atoms with Crippen molar-refractivity contribution in [3.63, 3.8) is 0 Å². The number of rotatable bonds is 8. The van der Waals surface area contributed by atoms with E-state index in [9.17, 15) is 9.18 Å². The number of halogens is 2. The van der Waals surface area contributed by atoms with E-state index in [-0.39, 0.29) is 47.7 Å². The fraction of sp³-hybridized carbons (Fsp3) is 0.556. The fourth-order valence-corrected chi connectivity index (χ4v) is 2.52. The van der Waals surface area contributed by atoms with E-state index in [2.05, 4.69) is 15.6 Å². The number of amides is 1. The van der Waals surface area contributed by atoms with Crippen LogP contribution in [0, 0.1) is 5.82 Å². The second kappa shape index (κ2) is 10.7. The molecule has 6 nitrogen and oxygen atoms in total. The van der Waals surface area contributed by atoms with Crippen LogP contribution in [0.5, 0.6) is 0 Å². The van der Waals surface area contributed by atoms with Crippen molar-refractivity contribution in [3.05, 3.63) is 35.6 Å². The topological polar surface area (TPSA) is 66.0 Å². The van der Waals surface area contributed by atoms with E-state index < -0.39 is 0 Å². The van der Waals surface area contributed by atoms with Crippen molar-refractivity contribution in [1.29, 1.82) is 0 Å². The molecule has 146 valence electrons. The zero-order chi connectivity index (χ0) is 18.3. The van der Waals surface area contributed by atoms with E-state index in [1.807, 2.05) is 6.07 Å². The van der Waals surface area contributed by atoms with Crippen molar-refractivity contribution in [1.82, 2.24) is 15.5 Å². The van der Waals surface area contributed by atoms with Gasteiger partial charge in [0.25, 0.3) is 0 Å². The molecule has 8 heteroatoms. The Bertz CT molecular complexity index is 621. The number of hydrogen-bond acceptors (Lipinski definition) is 3. The van der Waals surface area contributed by atoms with Crippen molar-refractivity contribution in [2.45, 2.75) is 18.3 Å². The molecule has 0 unspecified atom stereocenters. The normalized spacial score (nSPS) is 15.0. The van der Waals surface area contributed by atoms with Crippen LogP contribution in [-0.4, -0.2) is 64.2 Å². The predicted octanol–water partition coefficient (Wildman–Crippen LogP) is 1.75. The van der Waals surface area contributed by atoms with E-state index in [1.165, 1.54) is 11.0 Å². The van der Waals surface area contributed by atoms with Crippen LogP contribution >= 0.6 is 24.0 Å². The molecule has 1 saturated carbocycles. The average molecular weight is 478 g/mol. The summed E-state index contributed by atoms with van der Waals surface area (Å²) in [5.41, 5.74) is 0.942. The minimum atomic E-state index is -0.215. The summed E-state index contributed by atoms with van der Waals surface area (Å²) in [6.07, 6.45) is 2.01. The Kier molecular flexibility index (Phi) is 9.28. The SMILES string of the molecule is COCCNC(=NCC(=O)N(C)C)NCC1(c2cccc(F)c2)CC1.I. The highest BCUT2D eigenvalue weighted by Gasteiger charge is 2.44. The summed E-state index contributed by atoms with van der Waals surface area (Å²) >= 11 is 0. The summed E-state index contributed by atoms with van der Waals surface area (Å²) in [7, 11) is 5.03. The molecule has 0 saturated heterocycles. The van der Waals surface area contributed by atoms with E-state index in [1.54, 1.807) is 33.3 Å². The molecular weight excluding hydrogens is 450 g/mol. The third-order valence-corrected chi connectivity index (χ3v) is 4.35. The Hall–Kier alpha value is -1.42. The molecule has 0 aliphatic heterocycles. The molecule has 26 heavy (non-hydrogen) atoms. The lowest BCUT2D eigenvalue weighted by Gasteiger charge is -2.19. The van der Waals surface area contributed by atoms with E-state index >= 15 is 0 Å². The maximum absolute atomic E-state index is 13.5. The molecule has 0 spiro atoms. The van der Waals surface area contributed by atoms with Gasteiger partial charge in [0, 0.05) is 39.7 Å². The summed E-state index contributed by atoms with van der Waals surface area (Å²) in [5, 5.41) is 6.43. The predicted molar refractivity (Wildman–Crippen MR) is 112 cm³/mol. The molecular formula is C18H28FIN4O2. The smallest absolute Gasteiger partial charge is 0.243 e.